The van der Waals surface area contributed by atoms with Crippen LogP contribution in [0.1, 0.15) is 0 Å². The quantitative estimate of drug-likeness (QED) is 0.144. The van der Waals surface area contributed by atoms with Gasteiger partial charge in [-0.25, -0.2) is 0 Å². The number of rotatable bonds is 9. The van der Waals surface area contributed by atoms with E-state index in [1.165, 1.54) is 71.6 Å². The Morgan fingerprint density at radius 1 is 0.214 bits per heavy atom. The molecule has 1 aromatic heterocycles. The van der Waals surface area contributed by atoms with E-state index in [-0.39, 0.29) is 0 Å². The van der Waals surface area contributed by atoms with Crippen LogP contribution in [-0.2, 0) is 0 Å². The van der Waals surface area contributed by atoms with E-state index in [2.05, 4.69) is 266 Å². The van der Waals surface area contributed by atoms with Gasteiger partial charge in [0.2, 0.25) is 0 Å². The Hall–Kier alpha value is -9.24. The van der Waals surface area contributed by atoms with E-state index in [9.17, 15) is 0 Å². The average Bonchev–Trinajstić information content (AvgIpc) is 3.82. The molecule has 70 heavy (non-hydrogen) atoms. The van der Waals surface area contributed by atoms with Crippen molar-refractivity contribution in [1.29, 1.82) is 0 Å². The number of hydrogen-bond donors (Lipinski definition) is 0. The zero-order valence-corrected chi connectivity index (χ0v) is 38.3. The third kappa shape index (κ3) is 7.59. The molecule has 0 aliphatic rings. The number of nitrogens with zero attached hydrogens (tertiary/aromatic N) is 1. The van der Waals surface area contributed by atoms with Crippen molar-refractivity contribution in [3.05, 3.63) is 273 Å². The highest BCUT2D eigenvalue weighted by Gasteiger charge is 2.16. The van der Waals surface area contributed by atoms with Crippen LogP contribution >= 0.6 is 0 Å². The predicted octanol–water partition coefficient (Wildman–Crippen LogP) is 19.4. The van der Waals surface area contributed by atoms with Gasteiger partial charge in [0.05, 0.1) is 0 Å². The van der Waals surface area contributed by atoms with E-state index in [1.54, 1.807) is 0 Å². The average molecular weight is 892 g/mol. The second kappa shape index (κ2) is 17.4. The van der Waals surface area contributed by atoms with Crippen LogP contribution in [0.3, 0.4) is 0 Å². The van der Waals surface area contributed by atoms with Crippen LogP contribution in [0, 0.1) is 0 Å². The molecule has 0 aliphatic carbocycles. The third-order valence-corrected chi connectivity index (χ3v) is 13.9. The molecule has 0 saturated heterocycles. The molecule has 0 amide bonds. The van der Waals surface area contributed by atoms with Crippen LogP contribution in [0.15, 0.2) is 277 Å². The fourth-order valence-electron chi connectivity index (χ4n) is 10.3. The van der Waals surface area contributed by atoms with Crippen LogP contribution in [0.2, 0.25) is 0 Å². The SMILES string of the molecule is c1cc(-c2ccc(N(c3ccc(-c4cccc(-c5cccc6ccccc56)c4)cc3)c3ccc(-c4cccc(-c5cccc6ccccc56)c4)cc3)cc2)cc(-c2ccc3oc4ccccc4c3c2)c1. The van der Waals surface area contributed by atoms with Crippen LogP contribution in [0.5, 0.6) is 0 Å². The molecule has 13 rings (SSSR count). The van der Waals surface area contributed by atoms with Crippen molar-refractivity contribution < 1.29 is 4.42 Å². The predicted molar refractivity (Wildman–Crippen MR) is 296 cm³/mol. The van der Waals surface area contributed by atoms with Gasteiger partial charge in [0.25, 0.3) is 0 Å². The second-order valence-electron chi connectivity index (χ2n) is 18.1. The Labute approximate surface area is 407 Å². The fourth-order valence-corrected chi connectivity index (χ4v) is 10.3. The maximum atomic E-state index is 6.14. The smallest absolute Gasteiger partial charge is 0.135 e. The minimum Gasteiger partial charge on any atom is -0.456 e. The summed E-state index contributed by atoms with van der Waals surface area (Å²) in [5, 5.41) is 7.28. The Bertz CT molecular complexity index is 3870. The van der Waals surface area contributed by atoms with Gasteiger partial charge in [-0.15, -0.1) is 0 Å². The molecule has 0 spiro atoms. The molecule has 0 bridgehead atoms. The molecule has 0 fully saturated rings. The van der Waals surface area contributed by atoms with Gasteiger partial charge < -0.3 is 9.32 Å². The van der Waals surface area contributed by atoms with Crippen molar-refractivity contribution in [1.82, 2.24) is 0 Å². The Balaban J connectivity index is 0.846. The summed E-state index contributed by atoms with van der Waals surface area (Å²) in [6, 6.07) is 98.7. The Morgan fingerprint density at radius 3 is 1.06 bits per heavy atom. The molecule has 0 radical (unpaired) electrons. The lowest BCUT2D eigenvalue weighted by Gasteiger charge is -2.26. The number of para-hydroxylation sites is 1. The van der Waals surface area contributed by atoms with Crippen molar-refractivity contribution in [2.45, 2.75) is 0 Å². The molecule has 2 heteroatoms. The summed E-state index contributed by atoms with van der Waals surface area (Å²) < 4.78 is 6.14. The molecular weight excluding hydrogens is 847 g/mol. The van der Waals surface area contributed by atoms with E-state index in [4.69, 9.17) is 4.42 Å². The topological polar surface area (TPSA) is 16.4 Å². The summed E-state index contributed by atoms with van der Waals surface area (Å²) >= 11 is 0. The first kappa shape index (κ1) is 41.0. The maximum Gasteiger partial charge on any atom is 0.135 e. The Morgan fingerprint density at radius 2 is 0.557 bits per heavy atom. The van der Waals surface area contributed by atoms with Gasteiger partial charge in [-0.1, -0.05) is 200 Å². The number of furan rings is 1. The molecule has 0 unspecified atom stereocenters. The molecule has 1 heterocycles. The molecular formula is C68H45NO. The van der Waals surface area contributed by atoms with E-state index in [0.29, 0.717) is 0 Å². The lowest BCUT2D eigenvalue weighted by molar-refractivity contribution is 0.669. The highest BCUT2D eigenvalue weighted by Crippen LogP contribution is 2.40. The lowest BCUT2D eigenvalue weighted by Crippen LogP contribution is -2.09. The molecule has 0 saturated carbocycles. The van der Waals surface area contributed by atoms with Crippen LogP contribution in [0.4, 0.5) is 17.1 Å². The van der Waals surface area contributed by atoms with Gasteiger partial charge in [0.1, 0.15) is 11.2 Å². The fraction of sp³-hybridized carbons (Fsp3) is 0. The molecule has 0 N–H and O–H groups in total. The highest BCUT2D eigenvalue weighted by atomic mass is 16.3. The summed E-state index contributed by atoms with van der Waals surface area (Å²) in [6.45, 7) is 0. The van der Waals surface area contributed by atoms with Crippen LogP contribution < -0.4 is 4.90 Å². The molecule has 328 valence electrons. The number of anilines is 3. The van der Waals surface area contributed by atoms with Crippen molar-refractivity contribution >= 4 is 60.5 Å². The molecule has 2 nitrogen and oxygen atoms in total. The van der Waals surface area contributed by atoms with E-state index < -0.39 is 0 Å². The Kier molecular flexibility index (Phi) is 10.2. The molecule has 13 aromatic rings. The first-order valence-corrected chi connectivity index (χ1v) is 24.0. The van der Waals surface area contributed by atoms with Crippen LogP contribution in [-0.4, -0.2) is 0 Å². The largest absolute Gasteiger partial charge is 0.456 e. The van der Waals surface area contributed by atoms with E-state index in [1.807, 2.05) is 12.1 Å². The van der Waals surface area contributed by atoms with Gasteiger partial charge in [0.15, 0.2) is 0 Å². The number of hydrogen-bond acceptors (Lipinski definition) is 2. The molecule has 0 aliphatic heterocycles. The second-order valence-corrected chi connectivity index (χ2v) is 18.1. The van der Waals surface area contributed by atoms with Crippen molar-refractivity contribution in [2.24, 2.45) is 0 Å². The summed E-state index contributed by atoms with van der Waals surface area (Å²) in [6.07, 6.45) is 0. The number of benzene rings is 12. The normalized spacial score (nSPS) is 11.4. The van der Waals surface area contributed by atoms with Crippen molar-refractivity contribution in [3.8, 4) is 66.8 Å². The zero-order chi connectivity index (χ0) is 46.4. The lowest BCUT2D eigenvalue weighted by atomic mass is 9.95. The van der Waals surface area contributed by atoms with Gasteiger partial charge in [0, 0.05) is 27.8 Å². The molecule has 0 atom stereocenters. The van der Waals surface area contributed by atoms with E-state index in [0.717, 1.165) is 55.7 Å². The highest BCUT2D eigenvalue weighted by molar-refractivity contribution is 6.06. The first-order valence-electron chi connectivity index (χ1n) is 24.0. The third-order valence-electron chi connectivity index (χ3n) is 13.9. The van der Waals surface area contributed by atoms with Gasteiger partial charge >= 0.3 is 0 Å². The van der Waals surface area contributed by atoms with Gasteiger partial charge in [-0.05, 0) is 161 Å². The summed E-state index contributed by atoms with van der Waals surface area (Å²) in [7, 11) is 0. The minimum atomic E-state index is 0.905. The molecule has 12 aromatic carbocycles. The van der Waals surface area contributed by atoms with Gasteiger partial charge in [-0.3, -0.25) is 0 Å². The standard InChI is InChI=1S/C68H45NO/c1-3-22-61-49(12-1)14-10-25-63(61)56-20-8-17-52(43-56)47-30-37-59(38-31-47)69(60-39-32-48(33-40-60)53-18-9-21-57(44-53)64-26-11-15-50-13-2-4-23-62(50)64)58-35-28-46(29-36-58)51-16-7-19-54(42-51)55-34-41-68-66(45-55)65-24-5-6-27-67(65)70-68/h1-45H. The van der Waals surface area contributed by atoms with E-state index >= 15 is 0 Å². The minimum absolute atomic E-state index is 0.905. The van der Waals surface area contributed by atoms with Crippen molar-refractivity contribution in [2.75, 3.05) is 4.90 Å². The maximum absolute atomic E-state index is 6.14. The van der Waals surface area contributed by atoms with Gasteiger partial charge in [-0.2, -0.15) is 0 Å². The number of fused-ring (bicyclic) bond motifs is 5. The van der Waals surface area contributed by atoms with Crippen molar-refractivity contribution in [3.63, 3.8) is 0 Å². The summed E-state index contributed by atoms with van der Waals surface area (Å²) in [5.74, 6) is 0. The summed E-state index contributed by atoms with van der Waals surface area (Å²) in [5.41, 5.74) is 19.3. The zero-order valence-electron chi connectivity index (χ0n) is 38.3. The first-order chi connectivity index (χ1) is 34.7. The van der Waals surface area contributed by atoms with Crippen LogP contribution in [0.25, 0.3) is 110 Å². The summed E-state index contributed by atoms with van der Waals surface area (Å²) in [4.78, 5) is 2.36. The monoisotopic (exact) mass is 891 g/mol.